The Kier molecular flexibility index (Phi) is 6.86. The van der Waals surface area contributed by atoms with Gasteiger partial charge in [-0.3, -0.25) is 9.79 Å². The number of likely N-dealkylation sites (tertiary alicyclic amines) is 1. The van der Waals surface area contributed by atoms with E-state index in [2.05, 4.69) is 39.9 Å². The first-order chi connectivity index (χ1) is 14.0. The molecule has 1 unspecified atom stereocenters. The topological polar surface area (TPSA) is 56.7 Å². The second-order valence-corrected chi connectivity index (χ2v) is 7.54. The number of nitrogens with one attached hydrogen (secondary N) is 2. The van der Waals surface area contributed by atoms with Crippen LogP contribution in [0.25, 0.3) is 0 Å². The van der Waals surface area contributed by atoms with Gasteiger partial charge in [0.05, 0.1) is 6.04 Å². The lowest BCUT2D eigenvalue weighted by Gasteiger charge is -2.19. The number of benzene rings is 2. The van der Waals surface area contributed by atoms with Crippen LogP contribution >= 0.6 is 0 Å². The van der Waals surface area contributed by atoms with Gasteiger partial charge < -0.3 is 15.5 Å². The highest BCUT2D eigenvalue weighted by Gasteiger charge is 2.19. The number of hydrogen-bond acceptors (Lipinski definition) is 2. The standard InChI is InChI=1S/C23H29FN4O/c1-16-6-11-20(13-21(16)24)17(2)27-23(25-3)26-14-18-7-9-19(10-8-18)15-28-12-4-5-22(28)29/h6-11,13,17H,4-5,12,14-15H2,1-3H3,(H2,25,26,27). The number of carbonyl (C=O) groups is 1. The van der Waals surface area contributed by atoms with Crippen LogP contribution in [-0.2, 0) is 17.9 Å². The Bertz CT molecular complexity index is 879. The first-order valence-electron chi connectivity index (χ1n) is 10.0. The van der Waals surface area contributed by atoms with Crippen molar-refractivity contribution >= 4 is 11.9 Å². The third-order valence-corrected chi connectivity index (χ3v) is 5.30. The number of halogens is 1. The van der Waals surface area contributed by atoms with Crippen molar-refractivity contribution < 1.29 is 9.18 Å². The van der Waals surface area contributed by atoms with E-state index in [0.717, 1.165) is 29.7 Å². The van der Waals surface area contributed by atoms with Gasteiger partial charge in [-0.05, 0) is 48.6 Å². The van der Waals surface area contributed by atoms with Crippen LogP contribution in [0.3, 0.4) is 0 Å². The second kappa shape index (κ2) is 9.54. The third-order valence-electron chi connectivity index (χ3n) is 5.30. The lowest BCUT2D eigenvalue weighted by molar-refractivity contribution is -0.128. The number of guanidine groups is 1. The molecule has 2 aromatic carbocycles. The quantitative estimate of drug-likeness (QED) is 0.578. The van der Waals surface area contributed by atoms with E-state index in [0.29, 0.717) is 31.0 Å². The Morgan fingerprint density at radius 1 is 1.21 bits per heavy atom. The van der Waals surface area contributed by atoms with E-state index in [4.69, 9.17) is 0 Å². The van der Waals surface area contributed by atoms with Gasteiger partial charge in [-0.15, -0.1) is 0 Å². The zero-order valence-electron chi connectivity index (χ0n) is 17.3. The molecule has 1 heterocycles. The summed E-state index contributed by atoms with van der Waals surface area (Å²) < 4.78 is 13.8. The van der Waals surface area contributed by atoms with Crippen molar-refractivity contribution in [2.24, 2.45) is 4.99 Å². The van der Waals surface area contributed by atoms with Crippen molar-refractivity contribution in [3.63, 3.8) is 0 Å². The molecule has 0 aliphatic carbocycles. The fourth-order valence-electron chi connectivity index (χ4n) is 3.40. The van der Waals surface area contributed by atoms with Crippen molar-refractivity contribution in [1.29, 1.82) is 0 Å². The number of nitrogens with zero attached hydrogens (tertiary/aromatic N) is 2. The lowest BCUT2D eigenvalue weighted by atomic mass is 10.1. The van der Waals surface area contributed by atoms with E-state index in [1.807, 2.05) is 17.9 Å². The van der Waals surface area contributed by atoms with Crippen LogP contribution in [0, 0.1) is 12.7 Å². The van der Waals surface area contributed by atoms with Gasteiger partial charge in [0, 0.05) is 33.1 Å². The summed E-state index contributed by atoms with van der Waals surface area (Å²) in [6.07, 6.45) is 1.63. The van der Waals surface area contributed by atoms with Crippen LogP contribution in [0.15, 0.2) is 47.5 Å². The Morgan fingerprint density at radius 3 is 2.55 bits per heavy atom. The van der Waals surface area contributed by atoms with E-state index in [1.54, 1.807) is 26.1 Å². The number of amides is 1. The molecule has 0 radical (unpaired) electrons. The lowest BCUT2D eigenvalue weighted by Crippen LogP contribution is -2.38. The molecule has 0 bridgehead atoms. The summed E-state index contributed by atoms with van der Waals surface area (Å²) in [7, 11) is 1.72. The maximum absolute atomic E-state index is 13.8. The van der Waals surface area contributed by atoms with Crippen molar-refractivity contribution in [1.82, 2.24) is 15.5 Å². The van der Waals surface area contributed by atoms with Gasteiger partial charge in [0.2, 0.25) is 5.91 Å². The molecule has 29 heavy (non-hydrogen) atoms. The highest BCUT2D eigenvalue weighted by Crippen LogP contribution is 2.17. The molecule has 1 fully saturated rings. The molecule has 1 aliphatic rings. The Hall–Kier alpha value is -2.89. The van der Waals surface area contributed by atoms with E-state index in [-0.39, 0.29) is 17.8 Å². The number of hydrogen-bond donors (Lipinski definition) is 2. The van der Waals surface area contributed by atoms with Gasteiger partial charge in [-0.1, -0.05) is 36.4 Å². The third kappa shape index (κ3) is 5.56. The number of aliphatic imine (C=N–C) groups is 1. The Balaban J connectivity index is 1.52. The predicted molar refractivity (Wildman–Crippen MR) is 114 cm³/mol. The van der Waals surface area contributed by atoms with Gasteiger partial charge in [0.25, 0.3) is 0 Å². The summed E-state index contributed by atoms with van der Waals surface area (Å²) in [5.74, 6) is 0.702. The monoisotopic (exact) mass is 396 g/mol. The number of aryl methyl sites for hydroxylation is 1. The Morgan fingerprint density at radius 2 is 1.93 bits per heavy atom. The first-order valence-corrected chi connectivity index (χ1v) is 10.0. The fourth-order valence-corrected chi connectivity index (χ4v) is 3.40. The summed E-state index contributed by atoms with van der Waals surface area (Å²) in [5, 5.41) is 6.59. The molecule has 2 N–H and O–H groups in total. The van der Waals surface area contributed by atoms with Crippen LogP contribution in [-0.4, -0.2) is 30.4 Å². The molecule has 1 amide bonds. The largest absolute Gasteiger partial charge is 0.352 e. The molecule has 2 aromatic rings. The van der Waals surface area contributed by atoms with Gasteiger partial charge >= 0.3 is 0 Å². The first kappa shape index (κ1) is 20.8. The van der Waals surface area contributed by atoms with E-state index in [1.165, 1.54) is 0 Å². The predicted octanol–water partition coefficient (Wildman–Crippen LogP) is 3.68. The molecule has 154 valence electrons. The molecule has 3 rings (SSSR count). The summed E-state index contributed by atoms with van der Waals surface area (Å²) in [6.45, 7) is 5.89. The molecule has 0 aromatic heterocycles. The highest BCUT2D eigenvalue weighted by molar-refractivity contribution is 5.80. The SMILES string of the molecule is CN=C(NCc1ccc(CN2CCCC2=O)cc1)NC(C)c1ccc(C)c(F)c1. The minimum Gasteiger partial charge on any atom is -0.352 e. The van der Waals surface area contributed by atoms with E-state index >= 15 is 0 Å². The smallest absolute Gasteiger partial charge is 0.222 e. The minimum atomic E-state index is -0.199. The van der Waals surface area contributed by atoms with E-state index in [9.17, 15) is 9.18 Å². The van der Waals surface area contributed by atoms with Crippen molar-refractivity contribution in [3.05, 3.63) is 70.5 Å². The normalized spacial score (nSPS) is 15.5. The van der Waals surface area contributed by atoms with Crippen LogP contribution in [0.4, 0.5) is 4.39 Å². The van der Waals surface area contributed by atoms with Gasteiger partial charge in [0.1, 0.15) is 5.82 Å². The van der Waals surface area contributed by atoms with Crippen molar-refractivity contribution in [2.45, 2.75) is 45.8 Å². The molecule has 1 saturated heterocycles. The maximum Gasteiger partial charge on any atom is 0.222 e. The average molecular weight is 397 g/mol. The number of carbonyl (C=O) groups excluding carboxylic acids is 1. The van der Waals surface area contributed by atoms with Gasteiger partial charge in [-0.25, -0.2) is 4.39 Å². The zero-order valence-corrected chi connectivity index (χ0v) is 17.3. The molecular formula is C23H29FN4O. The van der Waals surface area contributed by atoms with Crippen LogP contribution in [0.2, 0.25) is 0 Å². The van der Waals surface area contributed by atoms with E-state index < -0.39 is 0 Å². The summed E-state index contributed by atoms with van der Waals surface area (Å²) in [5.41, 5.74) is 3.78. The Labute approximate surface area is 172 Å². The average Bonchev–Trinajstić information content (AvgIpc) is 3.12. The summed E-state index contributed by atoms with van der Waals surface area (Å²) >= 11 is 0. The van der Waals surface area contributed by atoms with Gasteiger partial charge in [0.15, 0.2) is 5.96 Å². The summed E-state index contributed by atoms with van der Waals surface area (Å²) in [6, 6.07) is 13.5. The molecule has 0 spiro atoms. The zero-order chi connectivity index (χ0) is 20.8. The molecular weight excluding hydrogens is 367 g/mol. The van der Waals surface area contributed by atoms with Gasteiger partial charge in [-0.2, -0.15) is 0 Å². The minimum absolute atomic E-state index is 0.0725. The van der Waals surface area contributed by atoms with Crippen molar-refractivity contribution in [3.8, 4) is 0 Å². The molecule has 5 nitrogen and oxygen atoms in total. The maximum atomic E-state index is 13.8. The van der Waals surface area contributed by atoms with Crippen LogP contribution in [0.5, 0.6) is 0 Å². The molecule has 1 aliphatic heterocycles. The molecule has 0 saturated carbocycles. The van der Waals surface area contributed by atoms with Crippen molar-refractivity contribution in [2.75, 3.05) is 13.6 Å². The molecule has 1 atom stereocenters. The second-order valence-electron chi connectivity index (χ2n) is 7.54. The fraction of sp³-hybridized carbons (Fsp3) is 0.391. The van der Waals surface area contributed by atoms with Crippen LogP contribution in [0.1, 0.15) is 48.1 Å². The summed E-state index contributed by atoms with van der Waals surface area (Å²) in [4.78, 5) is 17.9. The molecule has 6 heteroatoms. The number of rotatable bonds is 6. The highest BCUT2D eigenvalue weighted by atomic mass is 19.1. The van der Waals surface area contributed by atoms with Crippen LogP contribution < -0.4 is 10.6 Å².